The van der Waals surface area contributed by atoms with Crippen LogP contribution in [0.2, 0.25) is 5.02 Å². The molecule has 0 saturated carbocycles. The lowest BCUT2D eigenvalue weighted by atomic mass is 9.98. The van der Waals surface area contributed by atoms with Crippen molar-refractivity contribution in [2.75, 3.05) is 37.4 Å². The summed E-state index contributed by atoms with van der Waals surface area (Å²) in [5.41, 5.74) is 6.17. The summed E-state index contributed by atoms with van der Waals surface area (Å²) in [5.74, 6) is -1.06. The van der Waals surface area contributed by atoms with Gasteiger partial charge in [0.1, 0.15) is 6.61 Å². The minimum atomic E-state index is -0.404. The number of ether oxygens (including phenoxy) is 1. The Labute approximate surface area is 150 Å². The van der Waals surface area contributed by atoms with Crippen LogP contribution in [0.15, 0.2) is 18.2 Å². The molecule has 1 heterocycles. The Kier molecular flexibility index (Phi) is 6.60. The van der Waals surface area contributed by atoms with Gasteiger partial charge in [-0.2, -0.15) is 0 Å². The molecule has 8 nitrogen and oxygen atoms in total. The van der Waals surface area contributed by atoms with Gasteiger partial charge in [-0.15, -0.1) is 0 Å². The number of carbonyl (C=O) groups excluding carboxylic acids is 3. The molecule has 25 heavy (non-hydrogen) atoms. The van der Waals surface area contributed by atoms with Crippen molar-refractivity contribution in [3.8, 4) is 0 Å². The molecule has 0 spiro atoms. The predicted octanol–water partition coefficient (Wildman–Crippen LogP) is 1.65. The number of nitrogens with zero attached hydrogens (tertiary/aromatic N) is 1. The lowest BCUT2D eigenvalue weighted by Crippen LogP contribution is -2.45. The normalized spacial score (nSPS) is 17.0. The minimum absolute atomic E-state index is 0.0768. The van der Waals surface area contributed by atoms with E-state index in [1.165, 1.54) is 12.0 Å². The quantitative estimate of drug-likeness (QED) is 0.733. The number of carbonyl (C=O) groups is 3. The Morgan fingerprint density at radius 3 is 2.80 bits per heavy atom. The molecule has 9 heteroatoms. The van der Waals surface area contributed by atoms with Gasteiger partial charge in [0.05, 0.1) is 16.6 Å². The van der Waals surface area contributed by atoms with Crippen molar-refractivity contribution in [2.45, 2.75) is 12.8 Å². The van der Waals surface area contributed by atoms with Gasteiger partial charge in [-0.3, -0.25) is 9.59 Å². The Morgan fingerprint density at radius 1 is 1.36 bits per heavy atom. The molecule has 0 aliphatic carbocycles. The first kappa shape index (κ1) is 19.0. The highest BCUT2D eigenvalue weighted by atomic mass is 35.5. The third-order valence-electron chi connectivity index (χ3n) is 3.88. The van der Waals surface area contributed by atoms with E-state index in [1.54, 1.807) is 18.2 Å². The van der Waals surface area contributed by atoms with Crippen LogP contribution in [-0.2, 0) is 14.3 Å². The molecular weight excluding hydrogens is 348 g/mol. The number of hydrogen-bond acceptors (Lipinski definition) is 4. The molecule has 1 fully saturated rings. The van der Waals surface area contributed by atoms with Crippen molar-refractivity contribution < 1.29 is 19.1 Å². The van der Waals surface area contributed by atoms with Crippen molar-refractivity contribution in [1.29, 1.82) is 0 Å². The van der Waals surface area contributed by atoms with Crippen molar-refractivity contribution in [3.63, 3.8) is 0 Å². The van der Waals surface area contributed by atoms with E-state index in [0.29, 0.717) is 35.8 Å². The molecule has 1 aromatic rings. The Hall–Kier alpha value is -2.32. The first-order valence-corrected chi connectivity index (χ1v) is 8.22. The van der Waals surface area contributed by atoms with Crippen LogP contribution in [0.3, 0.4) is 0 Å². The van der Waals surface area contributed by atoms with Gasteiger partial charge in [-0.1, -0.05) is 11.6 Å². The maximum absolute atomic E-state index is 12.4. The van der Waals surface area contributed by atoms with Crippen LogP contribution >= 0.6 is 11.6 Å². The molecule has 4 amide bonds. The summed E-state index contributed by atoms with van der Waals surface area (Å²) < 4.78 is 4.75. The maximum atomic E-state index is 12.4. The Morgan fingerprint density at radius 2 is 2.12 bits per heavy atom. The van der Waals surface area contributed by atoms with E-state index in [1.807, 2.05) is 0 Å². The van der Waals surface area contributed by atoms with E-state index in [0.717, 1.165) is 0 Å². The second-order valence-electron chi connectivity index (χ2n) is 5.79. The highest BCUT2D eigenvalue weighted by Gasteiger charge is 2.27. The van der Waals surface area contributed by atoms with Crippen LogP contribution in [0, 0.1) is 5.92 Å². The second-order valence-corrected chi connectivity index (χ2v) is 6.20. The summed E-state index contributed by atoms with van der Waals surface area (Å²) in [6, 6.07) is 4.38. The Balaban J connectivity index is 2.04. The number of rotatable bonds is 5. The summed E-state index contributed by atoms with van der Waals surface area (Å²) in [6.45, 7) is 0.743. The SMILES string of the molecule is COCC(=O)Nc1ccc(Cl)c(NC(=O)N2CCC[C@H](C(N)=O)C2)c1. The fraction of sp³-hybridized carbons (Fsp3) is 0.438. The number of hydrogen-bond donors (Lipinski definition) is 3. The summed E-state index contributed by atoms with van der Waals surface area (Å²) in [7, 11) is 1.42. The number of nitrogens with one attached hydrogen (secondary N) is 2. The number of anilines is 2. The molecule has 136 valence electrons. The number of methoxy groups -OCH3 is 1. The monoisotopic (exact) mass is 368 g/mol. The zero-order chi connectivity index (χ0) is 18.4. The fourth-order valence-corrected chi connectivity index (χ4v) is 2.78. The number of nitrogens with two attached hydrogens (primary N) is 1. The molecule has 4 N–H and O–H groups in total. The maximum Gasteiger partial charge on any atom is 0.321 e. The van der Waals surface area contributed by atoms with Crippen molar-refractivity contribution in [3.05, 3.63) is 23.2 Å². The Bertz CT molecular complexity index is 668. The van der Waals surface area contributed by atoms with E-state index >= 15 is 0 Å². The average molecular weight is 369 g/mol. The smallest absolute Gasteiger partial charge is 0.321 e. The number of primary amides is 1. The molecule has 2 rings (SSSR count). The molecule has 0 radical (unpaired) electrons. The van der Waals surface area contributed by atoms with Crippen LogP contribution in [0.5, 0.6) is 0 Å². The van der Waals surface area contributed by atoms with E-state index in [2.05, 4.69) is 10.6 Å². The minimum Gasteiger partial charge on any atom is -0.375 e. The molecule has 0 aromatic heterocycles. The zero-order valence-corrected chi connectivity index (χ0v) is 14.6. The van der Waals surface area contributed by atoms with Crippen molar-refractivity contribution in [2.24, 2.45) is 11.7 Å². The number of benzene rings is 1. The van der Waals surface area contributed by atoms with Crippen LogP contribution in [-0.4, -0.2) is 49.6 Å². The fourth-order valence-electron chi connectivity index (χ4n) is 2.62. The number of urea groups is 1. The van der Waals surface area contributed by atoms with Crippen LogP contribution in [0.25, 0.3) is 0 Å². The standard InChI is InChI=1S/C16H21ClN4O4/c1-25-9-14(22)19-11-4-5-12(17)13(7-11)20-16(24)21-6-2-3-10(8-21)15(18)23/h4-5,7,10H,2-3,6,8-9H2,1H3,(H2,18,23)(H,19,22)(H,20,24)/t10-/m0/s1. The summed E-state index contributed by atoms with van der Waals surface area (Å²) in [6.07, 6.45) is 1.39. The first-order valence-electron chi connectivity index (χ1n) is 7.84. The largest absolute Gasteiger partial charge is 0.375 e. The number of piperidine rings is 1. The van der Waals surface area contributed by atoms with Crippen molar-refractivity contribution in [1.82, 2.24) is 4.90 Å². The van der Waals surface area contributed by atoms with Gasteiger partial charge in [0.25, 0.3) is 0 Å². The zero-order valence-electron chi connectivity index (χ0n) is 13.9. The van der Waals surface area contributed by atoms with Gasteiger partial charge in [0.15, 0.2) is 0 Å². The summed E-state index contributed by atoms with van der Waals surface area (Å²) in [5, 5.41) is 5.68. The molecule has 1 atom stereocenters. The third-order valence-corrected chi connectivity index (χ3v) is 4.21. The number of amides is 4. The van der Waals surface area contributed by atoms with Gasteiger partial charge in [-0.25, -0.2) is 4.79 Å². The van der Waals surface area contributed by atoms with Crippen molar-refractivity contribution >= 4 is 40.8 Å². The van der Waals surface area contributed by atoms with Gasteiger partial charge in [0.2, 0.25) is 11.8 Å². The topological polar surface area (TPSA) is 114 Å². The molecule has 1 saturated heterocycles. The average Bonchev–Trinajstić information content (AvgIpc) is 2.58. The summed E-state index contributed by atoms with van der Waals surface area (Å²) >= 11 is 6.11. The molecular formula is C16H21ClN4O4. The highest BCUT2D eigenvalue weighted by molar-refractivity contribution is 6.33. The van der Waals surface area contributed by atoms with Crippen LogP contribution in [0.1, 0.15) is 12.8 Å². The molecule has 0 bridgehead atoms. The first-order chi connectivity index (χ1) is 11.9. The van der Waals surface area contributed by atoms with Crippen LogP contribution in [0.4, 0.5) is 16.2 Å². The van der Waals surface area contributed by atoms with Gasteiger partial charge >= 0.3 is 6.03 Å². The third kappa shape index (κ3) is 5.33. The summed E-state index contributed by atoms with van der Waals surface area (Å²) in [4.78, 5) is 36.9. The molecule has 1 aliphatic heterocycles. The lowest BCUT2D eigenvalue weighted by molar-refractivity contribution is -0.123. The van der Waals surface area contributed by atoms with E-state index in [9.17, 15) is 14.4 Å². The van der Waals surface area contributed by atoms with Gasteiger partial charge in [0, 0.05) is 25.9 Å². The predicted molar refractivity (Wildman–Crippen MR) is 94.5 cm³/mol. The highest BCUT2D eigenvalue weighted by Crippen LogP contribution is 2.26. The number of halogens is 1. The molecule has 1 aliphatic rings. The number of likely N-dealkylation sites (tertiary alicyclic amines) is 1. The second kappa shape index (κ2) is 8.68. The van der Waals surface area contributed by atoms with E-state index in [-0.39, 0.29) is 31.0 Å². The lowest BCUT2D eigenvalue weighted by Gasteiger charge is -2.31. The van der Waals surface area contributed by atoms with Gasteiger partial charge < -0.3 is 26.0 Å². The molecule has 0 unspecified atom stereocenters. The van der Waals surface area contributed by atoms with Gasteiger partial charge in [-0.05, 0) is 31.0 Å². The van der Waals surface area contributed by atoms with E-state index in [4.69, 9.17) is 22.1 Å². The van der Waals surface area contributed by atoms with E-state index < -0.39 is 5.91 Å². The van der Waals surface area contributed by atoms with Crippen LogP contribution < -0.4 is 16.4 Å². The molecule has 1 aromatic carbocycles.